The molecule has 0 radical (unpaired) electrons. The summed E-state index contributed by atoms with van der Waals surface area (Å²) in [4.78, 5) is 46.7. The number of carbonyl (C=O) groups is 4. The van der Waals surface area contributed by atoms with Gasteiger partial charge in [0, 0.05) is 17.9 Å². The normalized spacial score (nSPS) is 19.1. The number of hydrogen-bond donors (Lipinski definition) is 3. The molecule has 146 valence electrons. The van der Waals surface area contributed by atoms with Crippen molar-refractivity contribution in [2.45, 2.75) is 37.5 Å². The Morgan fingerprint density at radius 2 is 2.00 bits per heavy atom. The van der Waals surface area contributed by atoms with Gasteiger partial charge in [0.2, 0.25) is 11.8 Å². The molecule has 1 heterocycles. The van der Waals surface area contributed by atoms with E-state index in [1.807, 2.05) is 6.92 Å². The number of anilines is 1. The smallest absolute Gasteiger partial charge is 0.338 e. The van der Waals surface area contributed by atoms with Gasteiger partial charge in [0.25, 0.3) is 0 Å². The number of esters is 1. The molecule has 0 unspecified atom stereocenters. The van der Waals surface area contributed by atoms with Gasteiger partial charge in [0.05, 0.1) is 17.4 Å². The molecule has 1 aliphatic heterocycles. The van der Waals surface area contributed by atoms with E-state index in [-0.39, 0.29) is 18.1 Å². The van der Waals surface area contributed by atoms with Crippen molar-refractivity contribution >= 4 is 41.2 Å². The van der Waals surface area contributed by atoms with Crippen LogP contribution in [-0.2, 0) is 19.1 Å². The second-order valence-corrected chi connectivity index (χ2v) is 7.28. The maximum atomic E-state index is 12.1. The largest absolute Gasteiger partial charge is 0.480 e. The molecule has 2 atom stereocenters. The van der Waals surface area contributed by atoms with Crippen LogP contribution in [0.1, 0.15) is 36.5 Å². The van der Waals surface area contributed by atoms with Gasteiger partial charge in [0.15, 0.2) is 0 Å². The molecule has 0 spiro atoms. The fourth-order valence-corrected chi connectivity index (χ4v) is 3.48. The van der Waals surface area contributed by atoms with Gasteiger partial charge in [-0.2, -0.15) is 0 Å². The molecule has 8 nitrogen and oxygen atoms in total. The first-order chi connectivity index (χ1) is 12.9. The van der Waals surface area contributed by atoms with E-state index in [9.17, 15) is 19.2 Å². The molecule has 1 fully saturated rings. The summed E-state index contributed by atoms with van der Waals surface area (Å²) in [6.45, 7) is 2.38. The summed E-state index contributed by atoms with van der Waals surface area (Å²) in [6, 6.07) is 5.37. The van der Waals surface area contributed by atoms with Crippen LogP contribution in [0, 0.1) is 0 Å². The van der Waals surface area contributed by atoms with Gasteiger partial charge < -0.3 is 20.5 Å². The SMILES string of the molecule is CCCCOC(=O)c1ccc(NC(=O)C[C@@H]2SC[C@H](C(=O)O)NC2=O)cc1. The number of ether oxygens (including phenoxy) is 1. The Labute approximate surface area is 161 Å². The number of carbonyl (C=O) groups excluding carboxylic acids is 3. The molecule has 2 amide bonds. The molecule has 3 N–H and O–H groups in total. The second-order valence-electron chi connectivity index (χ2n) is 6.04. The van der Waals surface area contributed by atoms with Crippen molar-refractivity contribution in [3.05, 3.63) is 29.8 Å². The summed E-state index contributed by atoms with van der Waals surface area (Å²) in [5, 5.41) is 13.3. The Bertz CT molecular complexity index is 706. The Kier molecular flexibility index (Phi) is 7.66. The molecular weight excluding hydrogens is 372 g/mol. The Balaban J connectivity index is 1.83. The van der Waals surface area contributed by atoms with Crippen molar-refractivity contribution < 1.29 is 29.0 Å². The Hall–Kier alpha value is -2.55. The number of hydrogen-bond acceptors (Lipinski definition) is 6. The monoisotopic (exact) mass is 394 g/mol. The summed E-state index contributed by atoms with van der Waals surface area (Å²) >= 11 is 1.15. The lowest BCUT2D eigenvalue weighted by molar-refractivity contribution is -0.141. The average Bonchev–Trinajstić information content (AvgIpc) is 2.64. The predicted molar refractivity (Wildman–Crippen MR) is 101 cm³/mol. The predicted octanol–water partition coefficient (Wildman–Crippen LogP) is 1.66. The number of unbranched alkanes of at least 4 members (excludes halogenated alkanes) is 1. The lowest BCUT2D eigenvalue weighted by atomic mass is 10.2. The highest BCUT2D eigenvalue weighted by Gasteiger charge is 2.33. The van der Waals surface area contributed by atoms with E-state index >= 15 is 0 Å². The second kappa shape index (κ2) is 9.96. The number of benzene rings is 1. The van der Waals surface area contributed by atoms with Gasteiger partial charge in [0.1, 0.15) is 6.04 Å². The number of carboxylic acid groups (broad SMARTS) is 1. The van der Waals surface area contributed by atoms with Crippen molar-refractivity contribution in [3.63, 3.8) is 0 Å². The lowest BCUT2D eigenvalue weighted by Gasteiger charge is -2.25. The van der Waals surface area contributed by atoms with Gasteiger partial charge >= 0.3 is 11.9 Å². The van der Waals surface area contributed by atoms with Crippen LogP contribution in [-0.4, -0.2) is 52.5 Å². The molecule has 0 bridgehead atoms. The molecular formula is C18H22N2O6S. The maximum Gasteiger partial charge on any atom is 0.338 e. The summed E-state index contributed by atoms with van der Waals surface area (Å²) in [5.74, 6) is -2.11. The minimum absolute atomic E-state index is 0.0658. The number of thioether (sulfide) groups is 1. The van der Waals surface area contributed by atoms with Crippen molar-refractivity contribution in [3.8, 4) is 0 Å². The number of aliphatic carboxylic acids is 1. The number of carboxylic acids is 1. The van der Waals surface area contributed by atoms with E-state index in [1.54, 1.807) is 24.3 Å². The first kappa shape index (κ1) is 20.8. The standard InChI is InChI=1S/C18H22N2O6S/c1-2-3-8-26-18(25)11-4-6-12(7-5-11)19-15(21)9-14-16(22)20-13(10-27-14)17(23)24/h4-7,13-14H,2-3,8-10H2,1H3,(H,19,21)(H,20,22)(H,23,24)/t13-,14+/m1/s1. The molecule has 27 heavy (non-hydrogen) atoms. The Morgan fingerprint density at radius 1 is 1.30 bits per heavy atom. The molecule has 1 aromatic carbocycles. The van der Waals surface area contributed by atoms with Crippen LogP contribution in [0.5, 0.6) is 0 Å². The molecule has 0 aliphatic carbocycles. The van der Waals surface area contributed by atoms with Gasteiger partial charge in [-0.25, -0.2) is 9.59 Å². The van der Waals surface area contributed by atoms with Crippen LogP contribution in [0.15, 0.2) is 24.3 Å². The summed E-state index contributed by atoms with van der Waals surface area (Å²) in [5.41, 5.74) is 0.890. The van der Waals surface area contributed by atoms with Gasteiger partial charge in [-0.3, -0.25) is 9.59 Å². The van der Waals surface area contributed by atoms with Crippen LogP contribution in [0.2, 0.25) is 0 Å². The topological polar surface area (TPSA) is 122 Å². The first-order valence-electron chi connectivity index (χ1n) is 8.62. The molecule has 1 saturated heterocycles. The Morgan fingerprint density at radius 3 is 2.59 bits per heavy atom. The highest BCUT2D eigenvalue weighted by Crippen LogP contribution is 2.22. The maximum absolute atomic E-state index is 12.1. The van der Waals surface area contributed by atoms with E-state index in [4.69, 9.17) is 9.84 Å². The number of nitrogens with one attached hydrogen (secondary N) is 2. The van der Waals surface area contributed by atoms with E-state index in [2.05, 4.69) is 10.6 Å². The van der Waals surface area contributed by atoms with Gasteiger partial charge in [-0.1, -0.05) is 13.3 Å². The van der Waals surface area contributed by atoms with Crippen molar-refractivity contribution in [1.29, 1.82) is 0 Å². The fourth-order valence-electron chi connectivity index (χ4n) is 2.34. The van der Waals surface area contributed by atoms with Crippen LogP contribution < -0.4 is 10.6 Å². The van der Waals surface area contributed by atoms with Crippen molar-refractivity contribution in [2.75, 3.05) is 17.7 Å². The van der Waals surface area contributed by atoms with Gasteiger partial charge in [-0.15, -0.1) is 11.8 Å². The van der Waals surface area contributed by atoms with E-state index < -0.39 is 29.1 Å². The molecule has 9 heteroatoms. The third-order valence-electron chi connectivity index (χ3n) is 3.88. The van der Waals surface area contributed by atoms with Crippen molar-refractivity contribution in [1.82, 2.24) is 5.32 Å². The fraction of sp³-hybridized carbons (Fsp3) is 0.444. The zero-order valence-corrected chi connectivity index (χ0v) is 15.7. The minimum atomic E-state index is -1.09. The van der Waals surface area contributed by atoms with Crippen molar-refractivity contribution in [2.24, 2.45) is 0 Å². The van der Waals surface area contributed by atoms with E-state index in [0.29, 0.717) is 17.9 Å². The zero-order chi connectivity index (χ0) is 19.8. The van der Waals surface area contributed by atoms with E-state index in [0.717, 1.165) is 24.6 Å². The summed E-state index contributed by atoms with van der Waals surface area (Å²) < 4.78 is 5.11. The number of rotatable bonds is 8. The van der Waals surface area contributed by atoms with Gasteiger partial charge in [-0.05, 0) is 30.7 Å². The highest BCUT2D eigenvalue weighted by atomic mass is 32.2. The summed E-state index contributed by atoms with van der Waals surface area (Å²) in [6.07, 6.45) is 1.68. The van der Waals surface area contributed by atoms with Crippen LogP contribution in [0.4, 0.5) is 5.69 Å². The van der Waals surface area contributed by atoms with Crippen LogP contribution in [0.3, 0.4) is 0 Å². The van der Waals surface area contributed by atoms with Crippen LogP contribution >= 0.6 is 11.8 Å². The lowest BCUT2D eigenvalue weighted by Crippen LogP contribution is -2.51. The zero-order valence-electron chi connectivity index (χ0n) is 14.9. The molecule has 0 saturated carbocycles. The molecule has 1 aliphatic rings. The average molecular weight is 394 g/mol. The first-order valence-corrected chi connectivity index (χ1v) is 9.67. The van der Waals surface area contributed by atoms with Crippen LogP contribution in [0.25, 0.3) is 0 Å². The molecule has 1 aromatic rings. The summed E-state index contributed by atoms with van der Waals surface area (Å²) in [7, 11) is 0. The minimum Gasteiger partial charge on any atom is -0.480 e. The quantitative estimate of drug-likeness (QED) is 0.453. The molecule has 0 aromatic heterocycles. The molecule has 2 rings (SSSR count). The third-order valence-corrected chi connectivity index (χ3v) is 5.19. The van der Waals surface area contributed by atoms with E-state index in [1.165, 1.54) is 0 Å². The highest BCUT2D eigenvalue weighted by molar-refractivity contribution is 8.00. The third kappa shape index (κ3) is 6.28. The number of amides is 2.